The molecule has 4 heteroatoms. The van der Waals surface area contributed by atoms with E-state index in [4.69, 9.17) is 0 Å². The van der Waals surface area contributed by atoms with Gasteiger partial charge in [-0.25, -0.2) is 9.37 Å². The molecule has 30 heavy (non-hydrogen) atoms. The molecule has 0 unspecified atom stereocenters. The van der Waals surface area contributed by atoms with E-state index in [0.717, 1.165) is 11.1 Å². The van der Waals surface area contributed by atoms with Crippen LogP contribution in [0.3, 0.4) is 0 Å². The number of pyridine rings is 2. The molecule has 5 rings (SSSR count). The van der Waals surface area contributed by atoms with E-state index in [2.05, 4.69) is 4.98 Å². The van der Waals surface area contributed by atoms with Crippen LogP contribution in [-0.4, -0.2) is 9.55 Å². The zero-order valence-electron chi connectivity index (χ0n) is 16.0. The smallest absolute Gasteiger partial charge is 0.265 e. The third-order valence-electron chi connectivity index (χ3n) is 5.14. The number of rotatable bonds is 3. The Balaban J connectivity index is 2.02. The van der Waals surface area contributed by atoms with Crippen molar-refractivity contribution in [3.63, 3.8) is 0 Å². The number of fused-ring (bicyclic) bond motifs is 1. The first-order valence-corrected chi connectivity index (χ1v) is 9.64. The number of benzene rings is 3. The molecule has 5 aromatic rings. The van der Waals surface area contributed by atoms with Crippen molar-refractivity contribution in [2.24, 2.45) is 0 Å². The lowest BCUT2D eigenvalue weighted by atomic mass is 9.92. The number of aromatic nitrogens is 2. The zero-order valence-corrected chi connectivity index (χ0v) is 16.0. The van der Waals surface area contributed by atoms with E-state index < -0.39 is 0 Å². The van der Waals surface area contributed by atoms with Crippen molar-refractivity contribution in [2.75, 3.05) is 0 Å². The molecule has 0 N–H and O–H groups in total. The summed E-state index contributed by atoms with van der Waals surface area (Å²) < 4.78 is 16.0. The van der Waals surface area contributed by atoms with Gasteiger partial charge >= 0.3 is 0 Å². The van der Waals surface area contributed by atoms with Gasteiger partial charge in [0.25, 0.3) is 5.56 Å². The fourth-order valence-corrected chi connectivity index (χ4v) is 3.86. The molecule has 144 valence electrons. The summed E-state index contributed by atoms with van der Waals surface area (Å²) >= 11 is 0. The molecule has 3 aromatic carbocycles. The molecule has 3 nitrogen and oxygen atoms in total. The van der Waals surface area contributed by atoms with Gasteiger partial charge in [-0.15, -0.1) is 0 Å². The average molecular weight is 392 g/mol. The number of hydrogen-bond acceptors (Lipinski definition) is 2. The summed E-state index contributed by atoms with van der Waals surface area (Å²) in [6, 6.07) is 29.0. The fourth-order valence-electron chi connectivity index (χ4n) is 3.86. The summed E-state index contributed by atoms with van der Waals surface area (Å²) in [5.74, 6) is 0.140. The first-order valence-electron chi connectivity index (χ1n) is 9.64. The third kappa shape index (κ3) is 2.99. The highest BCUT2D eigenvalue weighted by Gasteiger charge is 2.21. The summed E-state index contributed by atoms with van der Waals surface area (Å²) in [5.41, 5.74) is 3.28. The van der Waals surface area contributed by atoms with E-state index in [1.807, 2.05) is 66.7 Å². The van der Waals surface area contributed by atoms with E-state index in [9.17, 15) is 9.18 Å². The van der Waals surface area contributed by atoms with Crippen LogP contribution >= 0.6 is 0 Å². The van der Waals surface area contributed by atoms with Crippen LogP contribution in [-0.2, 0) is 0 Å². The molecule has 0 saturated carbocycles. The second-order valence-electron chi connectivity index (χ2n) is 6.97. The molecule has 2 heterocycles. The standard InChI is InChI=1S/C26H17FN2O/c27-20-14-15-22-21(17-20)24(18-9-3-1-4-10-18)25(19-11-5-2-6-12-19)26(30)29(22)23-13-7-8-16-28-23/h1-17H. The van der Waals surface area contributed by atoms with Gasteiger partial charge in [-0.1, -0.05) is 66.7 Å². The van der Waals surface area contributed by atoms with Gasteiger partial charge in [-0.05, 0) is 41.5 Å². The highest BCUT2D eigenvalue weighted by Crippen LogP contribution is 2.36. The minimum atomic E-state index is -0.357. The Kier molecular flexibility index (Phi) is 4.45. The monoisotopic (exact) mass is 392 g/mol. The molecule has 0 saturated heterocycles. The molecule has 2 aromatic heterocycles. The first-order chi connectivity index (χ1) is 14.7. The number of nitrogens with zero attached hydrogens (tertiary/aromatic N) is 2. The van der Waals surface area contributed by atoms with Gasteiger partial charge in [-0.2, -0.15) is 0 Å². The van der Waals surface area contributed by atoms with Gasteiger partial charge in [0.2, 0.25) is 0 Å². The molecule has 0 spiro atoms. The topological polar surface area (TPSA) is 34.9 Å². The van der Waals surface area contributed by atoms with Gasteiger partial charge in [0.05, 0.1) is 11.1 Å². The molecular formula is C26H17FN2O. The molecule has 0 amide bonds. The lowest BCUT2D eigenvalue weighted by Crippen LogP contribution is -2.22. The van der Waals surface area contributed by atoms with Gasteiger partial charge < -0.3 is 0 Å². The molecule has 0 bridgehead atoms. The van der Waals surface area contributed by atoms with Crippen molar-refractivity contribution in [3.05, 3.63) is 119 Å². The predicted octanol–water partition coefficient (Wildman–Crippen LogP) is 5.86. The summed E-state index contributed by atoms with van der Waals surface area (Å²) in [7, 11) is 0. The summed E-state index contributed by atoms with van der Waals surface area (Å²) in [6.07, 6.45) is 1.64. The van der Waals surface area contributed by atoms with E-state index in [1.165, 1.54) is 12.1 Å². The minimum Gasteiger partial charge on any atom is -0.268 e. The fraction of sp³-hybridized carbons (Fsp3) is 0. The zero-order chi connectivity index (χ0) is 20.5. The molecule has 0 fully saturated rings. The van der Waals surface area contributed by atoms with Crippen LogP contribution in [0.1, 0.15) is 0 Å². The van der Waals surface area contributed by atoms with Crippen molar-refractivity contribution in [1.82, 2.24) is 9.55 Å². The second kappa shape index (κ2) is 7.41. The van der Waals surface area contributed by atoms with Crippen LogP contribution in [0.15, 0.2) is 108 Å². The van der Waals surface area contributed by atoms with Crippen molar-refractivity contribution >= 4 is 10.9 Å². The maximum atomic E-state index is 14.4. The van der Waals surface area contributed by atoms with Crippen molar-refractivity contribution < 1.29 is 4.39 Å². The Morgan fingerprint density at radius 2 is 1.33 bits per heavy atom. The van der Waals surface area contributed by atoms with Crippen molar-refractivity contribution in [1.29, 1.82) is 0 Å². The maximum absolute atomic E-state index is 14.4. The van der Waals surface area contributed by atoms with E-state index >= 15 is 0 Å². The SMILES string of the molecule is O=c1c(-c2ccccc2)c(-c2ccccc2)c2cc(F)ccc2n1-c1ccccn1. The van der Waals surface area contributed by atoms with Crippen LogP contribution in [0.2, 0.25) is 0 Å². The minimum absolute atomic E-state index is 0.196. The van der Waals surface area contributed by atoms with E-state index in [1.54, 1.807) is 29.0 Å². The lowest BCUT2D eigenvalue weighted by molar-refractivity contribution is 0.629. The molecule has 0 aliphatic rings. The Morgan fingerprint density at radius 3 is 1.97 bits per heavy atom. The normalized spacial score (nSPS) is 11.0. The van der Waals surface area contributed by atoms with Crippen molar-refractivity contribution in [3.8, 4) is 28.1 Å². The quantitative estimate of drug-likeness (QED) is 0.385. The second-order valence-corrected chi connectivity index (χ2v) is 6.97. The van der Waals surface area contributed by atoms with Crippen LogP contribution < -0.4 is 5.56 Å². The van der Waals surface area contributed by atoms with Crippen LogP contribution in [0.4, 0.5) is 4.39 Å². The van der Waals surface area contributed by atoms with Crippen molar-refractivity contribution in [2.45, 2.75) is 0 Å². The lowest BCUT2D eigenvalue weighted by Gasteiger charge is -2.18. The van der Waals surface area contributed by atoms with Gasteiger partial charge in [-0.3, -0.25) is 9.36 Å². The predicted molar refractivity (Wildman–Crippen MR) is 118 cm³/mol. The molecule has 0 atom stereocenters. The molecule has 0 radical (unpaired) electrons. The third-order valence-corrected chi connectivity index (χ3v) is 5.14. The van der Waals surface area contributed by atoms with E-state index in [0.29, 0.717) is 27.8 Å². The highest BCUT2D eigenvalue weighted by molar-refractivity contribution is 6.02. The van der Waals surface area contributed by atoms with Crippen LogP contribution in [0.25, 0.3) is 39.0 Å². The number of halogens is 1. The molecule has 0 aliphatic carbocycles. The Labute approximate surface area is 172 Å². The first kappa shape index (κ1) is 18.0. The van der Waals surface area contributed by atoms with Crippen LogP contribution in [0.5, 0.6) is 0 Å². The van der Waals surface area contributed by atoms with Gasteiger partial charge in [0.1, 0.15) is 11.6 Å². The molecular weight excluding hydrogens is 375 g/mol. The van der Waals surface area contributed by atoms with Crippen LogP contribution in [0, 0.1) is 5.82 Å². The van der Waals surface area contributed by atoms with Gasteiger partial charge in [0.15, 0.2) is 0 Å². The highest BCUT2D eigenvalue weighted by atomic mass is 19.1. The number of hydrogen-bond donors (Lipinski definition) is 0. The molecule has 0 aliphatic heterocycles. The Hall–Kier alpha value is -4.05. The maximum Gasteiger partial charge on any atom is 0.265 e. The summed E-state index contributed by atoms with van der Waals surface area (Å²) in [4.78, 5) is 18.3. The van der Waals surface area contributed by atoms with Gasteiger partial charge in [0, 0.05) is 17.1 Å². The summed E-state index contributed by atoms with van der Waals surface area (Å²) in [6.45, 7) is 0. The largest absolute Gasteiger partial charge is 0.268 e. The Morgan fingerprint density at radius 1 is 0.700 bits per heavy atom. The average Bonchev–Trinajstić information content (AvgIpc) is 2.80. The van der Waals surface area contributed by atoms with E-state index in [-0.39, 0.29) is 11.4 Å². The summed E-state index contributed by atoms with van der Waals surface area (Å²) in [5, 5.41) is 0.658. The Bertz CT molecular complexity index is 1400.